The van der Waals surface area contributed by atoms with Gasteiger partial charge in [0, 0.05) is 12.5 Å². The Labute approximate surface area is 149 Å². The first-order valence-electron chi connectivity index (χ1n) is 9.86. The van der Waals surface area contributed by atoms with Crippen molar-refractivity contribution in [2.75, 3.05) is 7.11 Å². The van der Waals surface area contributed by atoms with E-state index in [0.29, 0.717) is 24.7 Å². The van der Waals surface area contributed by atoms with Crippen molar-refractivity contribution in [2.24, 2.45) is 34.5 Å². The Hall–Kier alpha value is -1.10. The Morgan fingerprint density at radius 1 is 1.20 bits per heavy atom. The van der Waals surface area contributed by atoms with Gasteiger partial charge in [-0.15, -0.1) is 0 Å². The molecule has 1 saturated heterocycles. The van der Waals surface area contributed by atoms with E-state index in [0.717, 1.165) is 32.1 Å². The van der Waals surface area contributed by atoms with E-state index in [4.69, 9.17) is 4.74 Å². The second kappa shape index (κ2) is 5.70. The molecule has 4 aliphatic rings. The van der Waals surface area contributed by atoms with E-state index >= 15 is 0 Å². The standard InChI is InChI=1S/C20H31NO4/c1-19-9-8-16(23)21-15(19)7-4-11-12-5-6-13(18(24)25-3)20(12,2)10-14(22)17(11)19/h11-15,17,22H,4-10H2,1-3H3,(H,21,23)/t11-,12-,13+,14+,15+,17+,19-,20-/m0/s1. The monoisotopic (exact) mass is 349 g/mol. The maximum absolute atomic E-state index is 12.3. The Morgan fingerprint density at radius 3 is 2.68 bits per heavy atom. The zero-order chi connectivity index (χ0) is 18.0. The van der Waals surface area contributed by atoms with Crippen LogP contribution in [0.15, 0.2) is 0 Å². The second-order valence-corrected chi connectivity index (χ2v) is 9.43. The average Bonchev–Trinajstić information content (AvgIpc) is 2.91. The Kier molecular flexibility index (Phi) is 3.95. The van der Waals surface area contributed by atoms with E-state index in [1.807, 2.05) is 0 Å². The molecule has 0 aromatic carbocycles. The molecule has 1 amide bonds. The summed E-state index contributed by atoms with van der Waals surface area (Å²) < 4.78 is 5.07. The van der Waals surface area contributed by atoms with Crippen molar-refractivity contribution < 1.29 is 19.4 Å². The highest BCUT2D eigenvalue weighted by atomic mass is 16.5. The van der Waals surface area contributed by atoms with Crippen molar-refractivity contribution in [3.8, 4) is 0 Å². The largest absolute Gasteiger partial charge is 0.469 e. The SMILES string of the molecule is COC(=O)[C@H]1CC[C@H]2[C@@H]3CC[C@H]4NC(=O)CC[C@]4(C)[C@H]3[C@H](O)C[C@]12C. The Morgan fingerprint density at radius 2 is 1.96 bits per heavy atom. The molecule has 8 atom stereocenters. The van der Waals surface area contributed by atoms with Crippen LogP contribution in [0.2, 0.25) is 0 Å². The van der Waals surface area contributed by atoms with Gasteiger partial charge >= 0.3 is 5.97 Å². The van der Waals surface area contributed by atoms with Crippen LogP contribution in [0.5, 0.6) is 0 Å². The van der Waals surface area contributed by atoms with Crippen molar-refractivity contribution in [1.82, 2.24) is 5.32 Å². The average molecular weight is 349 g/mol. The summed E-state index contributed by atoms with van der Waals surface area (Å²) in [6.07, 6.45) is 5.66. The van der Waals surface area contributed by atoms with Gasteiger partial charge in [-0.1, -0.05) is 13.8 Å². The van der Waals surface area contributed by atoms with Crippen LogP contribution in [0.4, 0.5) is 0 Å². The van der Waals surface area contributed by atoms with E-state index in [-0.39, 0.29) is 40.6 Å². The van der Waals surface area contributed by atoms with Crippen molar-refractivity contribution in [2.45, 2.75) is 70.9 Å². The highest BCUT2D eigenvalue weighted by molar-refractivity contribution is 5.77. The number of nitrogens with one attached hydrogen (secondary N) is 1. The number of carbonyl (C=O) groups excluding carboxylic acids is 2. The summed E-state index contributed by atoms with van der Waals surface area (Å²) in [5, 5.41) is 14.4. The molecule has 140 valence electrons. The molecule has 0 aromatic heterocycles. The molecule has 0 unspecified atom stereocenters. The quantitative estimate of drug-likeness (QED) is 0.712. The van der Waals surface area contributed by atoms with Crippen molar-refractivity contribution >= 4 is 11.9 Å². The van der Waals surface area contributed by atoms with Gasteiger partial charge in [0.2, 0.25) is 5.91 Å². The van der Waals surface area contributed by atoms with E-state index in [1.165, 1.54) is 7.11 Å². The summed E-state index contributed by atoms with van der Waals surface area (Å²) in [7, 11) is 1.47. The number of amides is 1. The number of carbonyl (C=O) groups is 2. The minimum absolute atomic E-state index is 0.0269. The van der Waals surface area contributed by atoms with Crippen LogP contribution in [0.1, 0.15) is 58.8 Å². The molecule has 3 saturated carbocycles. The molecule has 5 heteroatoms. The van der Waals surface area contributed by atoms with E-state index < -0.39 is 6.10 Å². The van der Waals surface area contributed by atoms with Gasteiger partial charge in [-0.3, -0.25) is 9.59 Å². The summed E-state index contributed by atoms with van der Waals surface area (Å²) in [6, 6.07) is 0.187. The van der Waals surface area contributed by atoms with Crippen LogP contribution in [-0.2, 0) is 14.3 Å². The second-order valence-electron chi connectivity index (χ2n) is 9.43. The van der Waals surface area contributed by atoms with Crippen LogP contribution >= 0.6 is 0 Å². The lowest BCUT2D eigenvalue weighted by molar-refractivity contribution is -0.173. The number of rotatable bonds is 1. The number of hydrogen-bond donors (Lipinski definition) is 2. The minimum Gasteiger partial charge on any atom is -0.469 e. The van der Waals surface area contributed by atoms with Crippen molar-refractivity contribution in [3.05, 3.63) is 0 Å². The molecular weight excluding hydrogens is 318 g/mol. The normalized spacial score (nSPS) is 51.8. The van der Waals surface area contributed by atoms with Gasteiger partial charge in [0.25, 0.3) is 0 Å². The third-order valence-electron chi connectivity index (χ3n) is 8.51. The fourth-order valence-corrected chi connectivity index (χ4v) is 7.36. The molecule has 0 radical (unpaired) electrons. The predicted octanol–water partition coefficient (Wildman–Crippen LogP) is 2.27. The lowest BCUT2D eigenvalue weighted by atomic mass is 9.46. The van der Waals surface area contributed by atoms with Crippen molar-refractivity contribution in [3.63, 3.8) is 0 Å². The number of ether oxygens (including phenoxy) is 1. The first-order chi connectivity index (χ1) is 11.8. The van der Waals surface area contributed by atoms with Gasteiger partial charge in [-0.2, -0.15) is 0 Å². The number of piperidine rings is 1. The van der Waals surface area contributed by atoms with E-state index in [2.05, 4.69) is 19.2 Å². The van der Waals surface area contributed by atoms with Crippen molar-refractivity contribution in [1.29, 1.82) is 0 Å². The zero-order valence-electron chi connectivity index (χ0n) is 15.6. The molecule has 3 aliphatic carbocycles. The highest BCUT2D eigenvalue weighted by Gasteiger charge is 2.64. The fourth-order valence-electron chi connectivity index (χ4n) is 7.36. The van der Waals surface area contributed by atoms with Crippen LogP contribution < -0.4 is 5.32 Å². The van der Waals surface area contributed by atoms with Crippen LogP contribution in [0.3, 0.4) is 0 Å². The summed E-state index contributed by atoms with van der Waals surface area (Å²) in [4.78, 5) is 24.2. The lowest BCUT2D eigenvalue weighted by Gasteiger charge is -2.61. The first kappa shape index (κ1) is 17.3. The van der Waals surface area contributed by atoms with Crippen LogP contribution in [-0.4, -0.2) is 36.2 Å². The molecule has 4 rings (SSSR count). The number of fused-ring (bicyclic) bond motifs is 5. The molecule has 5 nitrogen and oxygen atoms in total. The maximum atomic E-state index is 12.3. The molecule has 25 heavy (non-hydrogen) atoms. The van der Waals surface area contributed by atoms with E-state index in [9.17, 15) is 14.7 Å². The fraction of sp³-hybridized carbons (Fsp3) is 0.900. The first-order valence-corrected chi connectivity index (χ1v) is 9.86. The molecule has 0 spiro atoms. The predicted molar refractivity (Wildman–Crippen MR) is 92.4 cm³/mol. The number of aliphatic hydroxyl groups is 1. The summed E-state index contributed by atoms with van der Waals surface area (Å²) in [6.45, 7) is 4.47. The minimum atomic E-state index is -0.403. The van der Waals surface area contributed by atoms with Gasteiger partial charge < -0.3 is 15.2 Å². The van der Waals surface area contributed by atoms with Gasteiger partial charge in [0.05, 0.1) is 19.1 Å². The maximum Gasteiger partial charge on any atom is 0.309 e. The summed E-state index contributed by atoms with van der Waals surface area (Å²) >= 11 is 0. The van der Waals surface area contributed by atoms with Gasteiger partial charge in [0.1, 0.15) is 0 Å². The molecule has 0 bridgehead atoms. The number of hydrogen-bond acceptors (Lipinski definition) is 4. The summed E-state index contributed by atoms with van der Waals surface area (Å²) in [5.41, 5.74) is -0.185. The third-order valence-corrected chi connectivity index (χ3v) is 8.51. The smallest absolute Gasteiger partial charge is 0.309 e. The summed E-state index contributed by atoms with van der Waals surface area (Å²) in [5.74, 6) is 1.10. The molecular formula is C20H31NO4. The Balaban J connectivity index is 1.66. The van der Waals surface area contributed by atoms with Crippen LogP contribution in [0, 0.1) is 34.5 Å². The molecule has 1 aliphatic heterocycles. The van der Waals surface area contributed by atoms with Gasteiger partial charge in [0.15, 0.2) is 0 Å². The highest BCUT2D eigenvalue weighted by Crippen LogP contribution is 2.65. The molecule has 4 fully saturated rings. The van der Waals surface area contributed by atoms with E-state index in [1.54, 1.807) is 0 Å². The number of esters is 1. The van der Waals surface area contributed by atoms with Gasteiger partial charge in [-0.25, -0.2) is 0 Å². The third kappa shape index (κ3) is 2.30. The zero-order valence-corrected chi connectivity index (χ0v) is 15.6. The Bertz CT molecular complexity index is 592. The van der Waals surface area contributed by atoms with Gasteiger partial charge in [-0.05, 0) is 67.1 Å². The molecule has 1 heterocycles. The topological polar surface area (TPSA) is 75.6 Å². The lowest BCUT2D eigenvalue weighted by Crippen LogP contribution is -2.64. The number of methoxy groups -OCH3 is 1. The number of aliphatic hydroxyl groups excluding tert-OH is 1. The molecule has 0 aromatic rings. The van der Waals surface area contributed by atoms with Crippen LogP contribution in [0.25, 0.3) is 0 Å². The molecule has 2 N–H and O–H groups in total.